The maximum Gasteiger partial charge on any atom is 0.387 e. The van der Waals surface area contributed by atoms with Crippen LogP contribution in [-0.2, 0) is 10.3 Å². The first-order valence-electron chi connectivity index (χ1n) is 6.98. The highest BCUT2D eigenvalue weighted by atomic mass is 19.3. The molecular formula is C15H19F2NO3. The summed E-state index contributed by atoms with van der Waals surface area (Å²) < 4.78 is 28.6. The predicted molar refractivity (Wildman–Crippen MR) is 73.5 cm³/mol. The summed E-state index contributed by atoms with van der Waals surface area (Å²) in [6.07, 6.45) is 3.04. The van der Waals surface area contributed by atoms with E-state index in [1.165, 1.54) is 12.1 Å². The van der Waals surface area contributed by atoms with Crippen molar-refractivity contribution in [3.63, 3.8) is 0 Å². The van der Waals surface area contributed by atoms with E-state index in [1.54, 1.807) is 19.1 Å². The summed E-state index contributed by atoms with van der Waals surface area (Å²) in [6, 6.07) is 5.85. The van der Waals surface area contributed by atoms with Gasteiger partial charge in [0.15, 0.2) is 0 Å². The SMILES string of the molecule is CC(C(=O)O)(c1ccc(OC(F)F)cc1)N1CCCCC1. The molecule has 0 bridgehead atoms. The number of likely N-dealkylation sites (tertiary alicyclic amines) is 1. The van der Waals surface area contributed by atoms with Gasteiger partial charge in [-0.25, -0.2) is 4.79 Å². The smallest absolute Gasteiger partial charge is 0.387 e. The van der Waals surface area contributed by atoms with E-state index in [9.17, 15) is 18.7 Å². The van der Waals surface area contributed by atoms with Crippen LogP contribution in [0.5, 0.6) is 5.75 Å². The van der Waals surface area contributed by atoms with Gasteiger partial charge in [-0.3, -0.25) is 4.90 Å². The number of benzene rings is 1. The minimum absolute atomic E-state index is 0.0279. The molecule has 0 saturated carbocycles. The van der Waals surface area contributed by atoms with Gasteiger partial charge in [-0.1, -0.05) is 18.6 Å². The molecule has 116 valence electrons. The van der Waals surface area contributed by atoms with Crippen molar-refractivity contribution in [2.75, 3.05) is 13.1 Å². The summed E-state index contributed by atoms with van der Waals surface area (Å²) in [6.45, 7) is 0.212. The van der Waals surface area contributed by atoms with Crippen molar-refractivity contribution in [2.45, 2.75) is 38.3 Å². The second-order valence-corrected chi connectivity index (χ2v) is 5.33. The Hall–Kier alpha value is -1.69. The maximum atomic E-state index is 12.1. The van der Waals surface area contributed by atoms with Crippen molar-refractivity contribution in [1.82, 2.24) is 4.90 Å². The van der Waals surface area contributed by atoms with Crippen molar-refractivity contribution < 1.29 is 23.4 Å². The van der Waals surface area contributed by atoms with Crippen LogP contribution in [0.3, 0.4) is 0 Å². The summed E-state index contributed by atoms with van der Waals surface area (Å²) in [4.78, 5) is 13.7. The number of hydrogen-bond donors (Lipinski definition) is 1. The molecule has 1 saturated heterocycles. The molecule has 1 aromatic carbocycles. The lowest BCUT2D eigenvalue weighted by atomic mass is 9.88. The predicted octanol–water partition coefficient (Wildman–Crippen LogP) is 3.07. The fourth-order valence-electron chi connectivity index (χ4n) is 2.74. The topological polar surface area (TPSA) is 49.8 Å². The molecule has 0 spiro atoms. The Kier molecular flexibility index (Phi) is 4.77. The molecule has 21 heavy (non-hydrogen) atoms. The molecule has 1 aliphatic rings. The van der Waals surface area contributed by atoms with Gasteiger partial charge in [-0.05, 0) is 50.6 Å². The van der Waals surface area contributed by atoms with Gasteiger partial charge in [-0.2, -0.15) is 8.78 Å². The zero-order valence-corrected chi connectivity index (χ0v) is 11.9. The minimum Gasteiger partial charge on any atom is -0.480 e. The van der Waals surface area contributed by atoms with Crippen LogP contribution in [0, 0.1) is 0 Å². The Labute approximate surface area is 122 Å². The average molecular weight is 299 g/mol. The van der Waals surface area contributed by atoms with E-state index < -0.39 is 18.1 Å². The van der Waals surface area contributed by atoms with Crippen molar-refractivity contribution in [2.24, 2.45) is 0 Å². The van der Waals surface area contributed by atoms with Crippen LogP contribution in [0.25, 0.3) is 0 Å². The largest absolute Gasteiger partial charge is 0.480 e. The summed E-state index contributed by atoms with van der Waals surface area (Å²) >= 11 is 0. The van der Waals surface area contributed by atoms with Crippen molar-refractivity contribution in [1.29, 1.82) is 0 Å². The first kappa shape index (κ1) is 15.7. The van der Waals surface area contributed by atoms with Gasteiger partial charge < -0.3 is 9.84 Å². The van der Waals surface area contributed by atoms with Crippen LogP contribution in [0.15, 0.2) is 24.3 Å². The number of carboxylic acid groups (broad SMARTS) is 1. The number of hydrogen-bond acceptors (Lipinski definition) is 3. The van der Waals surface area contributed by atoms with E-state index in [1.807, 2.05) is 4.90 Å². The van der Waals surface area contributed by atoms with Crippen LogP contribution in [0.2, 0.25) is 0 Å². The van der Waals surface area contributed by atoms with Gasteiger partial charge in [0.1, 0.15) is 11.3 Å². The normalized spacial score (nSPS) is 19.2. The number of piperidine rings is 1. The summed E-state index contributed by atoms with van der Waals surface area (Å²) in [7, 11) is 0. The van der Waals surface area contributed by atoms with E-state index >= 15 is 0 Å². The van der Waals surface area contributed by atoms with Crippen LogP contribution in [0.1, 0.15) is 31.7 Å². The van der Waals surface area contributed by atoms with E-state index in [0.717, 1.165) is 32.4 Å². The van der Waals surface area contributed by atoms with Gasteiger partial charge in [0.25, 0.3) is 0 Å². The monoisotopic (exact) mass is 299 g/mol. The summed E-state index contributed by atoms with van der Waals surface area (Å²) in [5.74, 6) is -0.910. The van der Waals surface area contributed by atoms with Crippen LogP contribution in [0.4, 0.5) is 8.78 Å². The van der Waals surface area contributed by atoms with E-state index in [4.69, 9.17) is 0 Å². The molecule has 1 heterocycles. The molecule has 0 radical (unpaired) electrons. The second kappa shape index (κ2) is 6.39. The first-order valence-corrected chi connectivity index (χ1v) is 6.98. The van der Waals surface area contributed by atoms with E-state index in [-0.39, 0.29) is 5.75 Å². The molecule has 2 rings (SSSR count). The van der Waals surface area contributed by atoms with Crippen LogP contribution < -0.4 is 4.74 Å². The number of carboxylic acids is 1. The zero-order chi connectivity index (χ0) is 15.5. The van der Waals surface area contributed by atoms with Gasteiger partial charge >= 0.3 is 12.6 Å². The zero-order valence-electron chi connectivity index (χ0n) is 11.9. The number of nitrogens with zero attached hydrogens (tertiary/aromatic N) is 1. The van der Waals surface area contributed by atoms with Gasteiger partial charge in [0, 0.05) is 0 Å². The Balaban J connectivity index is 2.27. The molecule has 4 nitrogen and oxygen atoms in total. The highest BCUT2D eigenvalue weighted by Crippen LogP contribution is 2.32. The molecule has 1 unspecified atom stereocenters. The van der Waals surface area contributed by atoms with Crippen molar-refractivity contribution >= 4 is 5.97 Å². The standard InChI is InChI=1S/C15H19F2NO3/c1-15(13(19)20,18-9-3-2-4-10-18)11-5-7-12(8-6-11)21-14(16)17/h5-8,14H,2-4,9-10H2,1H3,(H,19,20). The average Bonchev–Trinajstić information content (AvgIpc) is 2.47. The number of carbonyl (C=O) groups is 1. The fraction of sp³-hybridized carbons (Fsp3) is 0.533. The molecule has 1 aromatic rings. The Morgan fingerprint density at radius 2 is 1.81 bits per heavy atom. The molecule has 1 fully saturated rings. The van der Waals surface area contributed by atoms with Gasteiger partial charge in [-0.15, -0.1) is 0 Å². The third kappa shape index (κ3) is 3.32. The van der Waals surface area contributed by atoms with E-state index in [0.29, 0.717) is 5.56 Å². The van der Waals surface area contributed by atoms with Crippen molar-refractivity contribution in [3.8, 4) is 5.75 Å². The van der Waals surface area contributed by atoms with Crippen LogP contribution >= 0.6 is 0 Å². The Morgan fingerprint density at radius 1 is 1.24 bits per heavy atom. The van der Waals surface area contributed by atoms with E-state index in [2.05, 4.69) is 4.74 Å². The third-order valence-corrected chi connectivity index (χ3v) is 4.05. The Bertz CT molecular complexity index is 486. The lowest BCUT2D eigenvalue weighted by Gasteiger charge is -2.40. The lowest BCUT2D eigenvalue weighted by molar-refractivity contribution is -0.152. The molecule has 0 amide bonds. The van der Waals surface area contributed by atoms with Crippen molar-refractivity contribution in [3.05, 3.63) is 29.8 Å². The quantitative estimate of drug-likeness (QED) is 0.908. The number of halogens is 2. The second-order valence-electron chi connectivity index (χ2n) is 5.33. The fourth-order valence-corrected chi connectivity index (χ4v) is 2.74. The number of ether oxygens (including phenoxy) is 1. The summed E-state index contributed by atoms with van der Waals surface area (Å²) in [5.41, 5.74) is -0.581. The molecule has 6 heteroatoms. The molecule has 0 aromatic heterocycles. The molecule has 1 aliphatic heterocycles. The number of aliphatic carboxylic acids is 1. The maximum absolute atomic E-state index is 12.1. The molecule has 1 atom stereocenters. The number of rotatable bonds is 5. The third-order valence-electron chi connectivity index (χ3n) is 4.05. The molecule has 0 aliphatic carbocycles. The number of alkyl halides is 2. The first-order chi connectivity index (χ1) is 9.94. The van der Waals surface area contributed by atoms with Gasteiger partial charge in [0.05, 0.1) is 0 Å². The molecular weight excluding hydrogens is 280 g/mol. The highest BCUT2D eigenvalue weighted by molar-refractivity contribution is 5.80. The Morgan fingerprint density at radius 3 is 2.29 bits per heavy atom. The van der Waals surface area contributed by atoms with Gasteiger partial charge in [0.2, 0.25) is 0 Å². The minimum atomic E-state index is -2.89. The highest BCUT2D eigenvalue weighted by Gasteiger charge is 2.41. The van der Waals surface area contributed by atoms with Crippen LogP contribution in [-0.4, -0.2) is 35.7 Å². The summed E-state index contributed by atoms with van der Waals surface area (Å²) in [5, 5.41) is 9.66. The molecule has 1 N–H and O–H groups in total. The lowest BCUT2D eigenvalue weighted by Crippen LogP contribution is -2.51.